The molecule has 0 aliphatic carbocycles. The molecule has 0 saturated carbocycles. The minimum absolute atomic E-state index is 0.00840. The lowest BCUT2D eigenvalue weighted by atomic mass is 9.89. The van der Waals surface area contributed by atoms with Crippen LogP contribution in [0.4, 0.5) is 5.69 Å². The van der Waals surface area contributed by atoms with Crippen LogP contribution in [0.1, 0.15) is 45.8 Å². The Labute approximate surface area is 153 Å². The summed E-state index contributed by atoms with van der Waals surface area (Å²) < 4.78 is 0. The third-order valence-corrected chi connectivity index (χ3v) is 5.81. The van der Waals surface area contributed by atoms with E-state index in [1.54, 1.807) is 0 Å². The van der Waals surface area contributed by atoms with Gasteiger partial charge in [-0.1, -0.05) is 42.5 Å². The van der Waals surface area contributed by atoms with Crippen LogP contribution in [0.3, 0.4) is 0 Å². The minimum atomic E-state index is 0.00840. The summed E-state index contributed by atoms with van der Waals surface area (Å²) in [6, 6.07) is 19.3. The number of piperidine rings is 1. The van der Waals surface area contributed by atoms with E-state index in [1.165, 1.54) is 34.9 Å². The van der Waals surface area contributed by atoms with Crippen molar-refractivity contribution in [2.45, 2.75) is 25.2 Å². The third kappa shape index (κ3) is 2.60. The number of nitrogens with one attached hydrogen (secondary N) is 2. The molecule has 2 heterocycles. The zero-order valence-corrected chi connectivity index (χ0v) is 14.7. The molecule has 3 aromatic carbocycles. The first-order chi connectivity index (χ1) is 12.8. The summed E-state index contributed by atoms with van der Waals surface area (Å²) in [4.78, 5) is 12.1. The van der Waals surface area contributed by atoms with Gasteiger partial charge in [0.1, 0.15) is 0 Å². The lowest BCUT2D eigenvalue weighted by Gasteiger charge is -2.23. The Morgan fingerprint density at radius 3 is 2.54 bits per heavy atom. The first-order valence-corrected chi connectivity index (χ1v) is 9.45. The summed E-state index contributed by atoms with van der Waals surface area (Å²) in [6.07, 6.45) is 3.35. The molecule has 0 aromatic heterocycles. The molecule has 1 saturated heterocycles. The first-order valence-electron chi connectivity index (χ1n) is 9.45. The van der Waals surface area contributed by atoms with Gasteiger partial charge in [-0.05, 0) is 72.5 Å². The molecule has 3 heteroatoms. The molecule has 130 valence electrons. The topological polar surface area (TPSA) is 41.1 Å². The van der Waals surface area contributed by atoms with Crippen molar-refractivity contribution in [3.8, 4) is 0 Å². The molecule has 3 nitrogen and oxygen atoms in total. The van der Waals surface area contributed by atoms with Crippen molar-refractivity contribution >= 4 is 22.4 Å². The Kier molecular flexibility index (Phi) is 3.75. The maximum Gasteiger partial charge on any atom is 0.256 e. The van der Waals surface area contributed by atoms with Gasteiger partial charge in [-0.2, -0.15) is 0 Å². The van der Waals surface area contributed by atoms with Gasteiger partial charge in [-0.15, -0.1) is 0 Å². The number of hydrogen-bond donors (Lipinski definition) is 2. The van der Waals surface area contributed by atoms with Crippen molar-refractivity contribution in [2.24, 2.45) is 0 Å². The van der Waals surface area contributed by atoms with Crippen LogP contribution in [0.25, 0.3) is 10.8 Å². The van der Waals surface area contributed by atoms with Gasteiger partial charge in [0.05, 0.1) is 0 Å². The van der Waals surface area contributed by atoms with Crippen LogP contribution in [-0.4, -0.2) is 19.0 Å². The van der Waals surface area contributed by atoms with E-state index < -0.39 is 0 Å². The molecule has 5 rings (SSSR count). The molecule has 0 spiro atoms. The molecule has 1 amide bonds. The smallest absolute Gasteiger partial charge is 0.256 e. The van der Waals surface area contributed by atoms with Crippen molar-refractivity contribution < 1.29 is 4.79 Å². The molecule has 3 aromatic rings. The molecule has 0 radical (unpaired) electrons. The minimum Gasteiger partial charge on any atom is -0.321 e. The number of carbonyl (C=O) groups excluding carboxylic acids is 1. The number of carbonyl (C=O) groups is 1. The first kappa shape index (κ1) is 15.6. The quantitative estimate of drug-likeness (QED) is 0.738. The zero-order valence-electron chi connectivity index (χ0n) is 14.7. The lowest BCUT2D eigenvalue weighted by Crippen LogP contribution is -2.26. The average molecular weight is 342 g/mol. The van der Waals surface area contributed by atoms with Gasteiger partial charge in [0.25, 0.3) is 5.91 Å². The number of benzene rings is 3. The fourth-order valence-electron chi connectivity index (χ4n) is 4.39. The highest BCUT2D eigenvalue weighted by Crippen LogP contribution is 2.35. The average Bonchev–Trinajstić information content (AvgIpc) is 3.03. The van der Waals surface area contributed by atoms with E-state index in [2.05, 4.69) is 47.0 Å². The van der Waals surface area contributed by atoms with E-state index in [-0.39, 0.29) is 5.91 Å². The zero-order chi connectivity index (χ0) is 17.5. The largest absolute Gasteiger partial charge is 0.321 e. The van der Waals surface area contributed by atoms with Gasteiger partial charge in [0.15, 0.2) is 0 Å². The van der Waals surface area contributed by atoms with Crippen LogP contribution in [0.2, 0.25) is 0 Å². The number of amides is 1. The summed E-state index contributed by atoms with van der Waals surface area (Å²) >= 11 is 0. The molecular formula is C23H22N2O. The molecule has 2 aliphatic rings. The van der Waals surface area contributed by atoms with Crippen LogP contribution >= 0.6 is 0 Å². The molecule has 1 fully saturated rings. The molecule has 0 unspecified atom stereocenters. The van der Waals surface area contributed by atoms with E-state index in [0.717, 1.165) is 36.1 Å². The van der Waals surface area contributed by atoms with Crippen molar-refractivity contribution in [1.82, 2.24) is 5.32 Å². The van der Waals surface area contributed by atoms with Gasteiger partial charge in [-0.25, -0.2) is 0 Å². The molecular weight excluding hydrogens is 320 g/mol. The van der Waals surface area contributed by atoms with Gasteiger partial charge >= 0.3 is 0 Å². The maximum absolute atomic E-state index is 12.1. The van der Waals surface area contributed by atoms with Gasteiger partial charge in [0.2, 0.25) is 0 Å². The van der Waals surface area contributed by atoms with E-state index in [4.69, 9.17) is 0 Å². The summed E-state index contributed by atoms with van der Waals surface area (Å²) in [5.41, 5.74) is 5.79. The van der Waals surface area contributed by atoms with E-state index >= 15 is 0 Å². The standard InChI is InChI=1S/C23H22N2O/c26-23-20-3-1-2-19-18(8-9-21(25-23)22(19)20)14-15-4-6-16(7-5-15)17-10-12-24-13-11-17/h1-9,17,24H,10-14H2,(H,25,26). The fourth-order valence-corrected chi connectivity index (χ4v) is 4.39. The van der Waals surface area contributed by atoms with Crippen LogP contribution < -0.4 is 10.6 Å². The highest BCUT2D eigenvalue weighted by atomic mass is 16.1. The monoisotopic (exact) mass is 342 g/mol. The SMILES string of the molecule is O=C1Nc2ccc(Cc3ccc(C4CCNCC4)cc3)c3cccc1c23. The van der Waals surface area contributed by atoms with E-state index in [9.17, 15) is 4.79 Å². The summed E-state index contributed by atoms with van der Waals surface area (Å²) in [5, 5.41) is 8.65. The number of hydrogen-bond acceptors (Lipinski definition) is 2. The van der Waals surface area contributed by atoms with Crippen LogP contribution in [0, 0.1) is 0 Å². The van der Waals surface area contributed by atoms with Crippen LogP contribution in [0.15, 0.2) is 54.6 Å². The molecule has 26 heavy (non-hydrogen) atoms. The maximum atomic E-state index is 12.1. The lowest BCUT2D eigenvalue weighted by molar-refractivity contribution is 0.103. The Bertz CT molecular complexity index is 985. The van der Waals surface area contributed by atoms with E-state index in [0.29, 0.717) is 5.92 Å². The second-order valence-electron chi connectivity index (χ2n) is 7.40. The highest BCUT2D eigenvalue weighted by Gasteiger charge is 2.22. The number of rotatable bonds is 3. The van der Waals surface area contributed by atoms with Crippen molar-refractivity contribution in [1.29, 1.82) is 0 Å². The predicted molar refractivity (Wildman–Crippen MR) is 106 cm³/mol. The Morgan fingerprint density at radius 1 is 0.923 bits per heavy atom. The van der Waals surface area contributed by atoms with Gasteiger partial charge < -0.3 is 10.6 Å². The van der Waals surface area contributed by atoms with Crippen molar-refractivity contribution in [2.75, 3.05) is 18.4 Å². The highest BCUT2D eigenvalue weighted by molar-refractivity contribution is 6.24. The van der Waals surface area contributed by atoms with Crippen molar-refractivity contribution in [3.63, 3.8) is 0 Å². The Balaban J connectivity index is 1.45. The molecule has 0 atom stereocenters. The van der Waals surface area contributed by atoms with Crippen molar-refractivity contribution in [3.05, 3.63) is 76.9 Å². The third-order valence-electron chi connectivity index (χ3n) is 5.81. The second-order valence-corrected chi connectivity index (χ2v) is 7.40. The van der Waals surface area contributed by atoms with E-state index in [1.807, 2.05) is 18.2 Å². The Hall–Kier alpha value is -2.65. The molecule has 2 N–H and O–H groups in total. The Morgan fingerprint density at radius 2 is 1.73 bits per heavy atom. The predicted octanol–water partition coefficient (Wildman–Crippen LogP) is 4.46. The van der Waals surface area contributed by atoms with Gasteiger partial charge in [-0.3, -0.25) is 4.79 Å². The fraction of sp³-hybridized carbons (Fsp3) is 0.261. The summed E-state index contributed by atoms with van der Waals surface area (Å²) in [6.45, 7) is 2.25. The van der Waals surface area contributed by atoms with Crippen LogP contribution in [-0.2, 0) is 6.42 Å². The summed E-state index contributed by atoms with van der Waals surface area (Å²) in [5.74, 6) is 0.702. The number of anilines is 1. The second kappa shape index (κ2) is 6.26. The summed E-state index contributed by atoms with van der Waals surface area (Å²) in [7, 11) is 0. The van der Waals surface area contributed by atoms with Crippen LogP contribution in [0.5, 0.6) is 0 Å². The normalized spacial score (nSPS) is 16.8. The molecule has 2 aliphatic heterocycles. The van der Waals surface area contributed by atoms with Gasteiger partial charge in [0, 0.05) is 16.6 Å². The molecule has 0 bridgehead atoms.